The molecule has 210 valence electrons. The molecule has 2 N–H and O–H groups in total. The van der Waals surface area contributed by atoms with E-state index in [2.05, 4.69) is 10.6 Å². The van der Waals surface area contributed by atoms with Crippen LogP contribution in [0, 0.1) is 11.3 Å². The third-order valence-corrected chi connectivity index (χ3v) is 6.89. The van der Waals surface area contributed by atoms with Crippen LogP contribution in [0.5, 0.6) is 23.0 Å². The molecule has 3 amide bonds. The normalized spacial score (nSPS) is 18.5. The van der Waals surface area contributed by atoms with Crippen LogP contribution in [0.3, 0.4) is 0 Å². The summed E-state index contributed by atoms with van der Waals surface area (Å²) in [5, 5.41) is 15.0. The minimum Gasteiger partial charge on any atom is -0.493 e. The average molecular weight is 557 g/mol. The smallest absolute Gasteiger partial charge is 0.258 e. The van der Waals surface area contributed by atoms with Crippen molar-refractivity contribution in [2.24, 2.45) is 0 Å². The van der Waals surface area contributed by atoms with Gasteiger partial charge in [0.15, 0.2) is 29.6 Å². The van der Waals surface area contributed by atoms with Crippen molar-refractivity contribution in [1.29, 1.82) is 5.26 Å². The molecule has 3 aromatic rings. The number of fused-ring (bicyclic) bond motifs is 7. The minimum atomic E-state index is -0.619. The van der Waals surface area contributed by atoms with Gasteiger partial charge < -0.3 is 34.5 Å². The zero-order chi connectivity index (χ0) is 28.9. The zero-order valence-corrected chi connectivity index (χ0v) is 22.5. The van der Waals surface area contributed by atoms with Crippen molar-refractivity contribution in [2.45, 2.75) is 18.7 Å². The highest BCUT2D eigenvalue weighted by Gasteiger charge is 2.39. The highest BCUT2D eigenvalue weighted by molar-refractivity contribution is 5.96. The molecule has 3 aromatic carbocycles. The molecule has 1 saturated heterocycles. The van der Waals surface area contributed by atoms with Gasteiger partial charge in [-0.05, 0) is 54.1 Å². The summed E-state index contributed by atoms with van der Waals surface area (Å²) in [6.45, 7) is 0.295. The van der Waals surface area contributed by atoms with Gasteiger partial charge in [-0.25, -0.2) is 0 Å². The highest BCUT2D eigenvalue weighted by atomic mass is 16.5. The van der Waals surface area contributed by atoms with Crippen LogP contribution >= 0.6 is 0 Å². The molecule has 0 spiro atoms. The Kier molecular flexibility index (Phi) is 7.92. The van der Waals surface area contributed by atoms with Crippen LogP contribution < -0.4 is 29.6 Å². The molecule has 2 atom stereocenters. The Morgan fingerprint density at radius 1 is 1.00 bits per heavy atom. The number of methoxy groups -OCH3 is 2. The average Bonchev–Trinajstić information content (AvgIpc) is 3.40. The first-order valence-corrected chi connectivity index (χ1v) is 12.9. The number of amides is 3. The number of hydrogen-bond acceptors (Lipinski definition) is 8. The quantitative estimate of drug-likeness (QED) is 0.501. The van der Waals surface area contributed by atoms with E-state index in [1.165, 1.54) is 26.4 Å². The van der Waals surface area contributed by atoms with Crippen molar-refractivity contribution in [3.63, 3.8) is 0 Å². The van der Waals surface area contributed by atoms with Gasteiger partial charge >= 0.3 is 0 Å². The first-order chi connectivity index (χ1) is 19.9. The molecule has 11 nitrogen and oxygen atoms in total. The molecule has 3 heterocycles. The van der Waals surface area contributed by atoms with Crippen LogP contribution in [-0.4, -0.2) is 68.7 Å². The zero-order valence-electron chi connectivity index (χ0n) is 22.5. The Balaban J connectivity index is 1.49. The number of ether oxygens (including phenoxy) is 4. The van der Waals surface area contributed by atoms with E-state index >= 15 is 0 Å². The number of rotatable bonds is 3. The van der Waals surface area contributed by atoms with Gasteiger partial charge in [-0.3, -0.25) is 14.4 Å². The second-order valence-corrected chi connectivity index (χ2v) is 9.56. The molecule has 0 saturated carbocycles. The molecule has 1 fully saturated rings. The Labute approximate surface area is 236 Å². The van der Waals surface area contributed by atoms with Crippen molar-refractivity contribution in [2.75, 3.05) is 33.9 Å². The second kappa shape index (κ2) is 11.9. The van der Waals surface area contributed by atoms with Gasteiger partial charge in [0.25, 0.3) is 17.7 Å². The maximum absolute atomic E-state index is 13.4. The molecule has 6 rings (SSSR count). The molecule has 0 radical (unpaired) electrons. The summed E-state index contributed by atoms with van der Waals surface area (Å²) in [4.78, 5) is 40.8. The van der Waals surface area contributed by atoms with Crippen molar-refractivity contribution in [1.82, 2.24) is 15.5 Å². The van der Waals surface area contributed by atoms with Crippen LogP contribution in [-0.2, 0) is 11.3 Å². The highest BCUT2D eigenvalue weighted by Crippen LogP contribution is 2.32. The molecule has 0 aliphatic carbocycles. The Morgan fingerprint density at radius 3 is 2.61 bits per heavy atom. The lowest BCUT2D eigenvalue weighted by atomic mass is 10.1. The molecule has 41 heavy (non-hydrogen) atoms. The predicted octanol–water partition coefficient (Wildman–Crippen LogP) is 2.29. The summed E-state index contributed by atoms with van der Waals surface area (Å²) in [5.74, 6) is 0.396. The maximum atomic E-state index is 13.4. The number of nitrogens with one attached hydrogen (secondary N) is 2. The maximum Gasteiger partial charge on any atom is 0.258 e. The molecule has 0 aromatic heterocycles. The molecule has 11 heteroatoms. The fraction of sp³-hybridized carbons (Fsp3) is 0.267. The number of likely N-dealkylation sites (tertiary alicyclic amines) is 1. The third kappa shape index (κ3) is 6.01. The van der Waals surface area contributed by atoms with Gasteiger partial charge in [-0.2, -0.15) is 5.26 Å². The molecule has 4 bridgehead atoms. The van der Waals surface area contributed by atoms with Crippen molar-refractivity contribution >= 4 is 17.7 Å². The summed E-state index contributed by atoms with van der Waals surface area (Å²) in [7, 11) is 2.97. The van der Waals surface area contributed by atoms with E-state index in [0.717, 1.165) is 5.56 Å². The monoisotopic (exact) mass is 556 g/mol. The van der Waals surface area contributed by atoms with Crippen LogP contribution in [0.4, 0.5) is 0 Å². The van der Waals surface area contributed by atoms with E-state index in [1.807, 2.05) is 6.07 Å². The first-order valence-electron chi connectivity index (χ1n) is 12.9. The first kappa shape index (κ1) is 27.3. The largest absolute Gasteiger partial charge is 0.493 e. The lowest BCUT2D eigenvalue weighted by Crippen LogP contribution is -2.45. The van der Waals surface area contributed by atoms with Crippen LogP contribution in [0.2, 0.25) is 0 Å². The summed E-state index contributed by atoms with van der Waals surface area (Å²) in [6.07, 6.45) is -0.619. The number of nitrogens with zero attached hydrogens (tertiary/aromatic N) is 2. The topological polar surface area (TPSA) is 139 Å². The van der Waals surface area contributed by atoms with Crippen molar-refractivity contribution in [3.05, 3.63) is 82.9 Å². The van der Waals surface area contributed by atoms with Gasteiger partial charge in [-0.1, -0.05) is 12.1 Å². The predicted molar refractivity (Wildman–Crippen MR) is 146 cm³/mol. The van der Waals surface area contributed by atoms with Gasteiger partial charge in [0, 0.05) is 24.2 Å². The van der Waals surface area contributed by atoms with Gasteiger partial charge in [0.1, 0.15) is 6.10 Å². The summed E-state index contributed by atoms with van der Waals surface area (Å²) in [6, 6.07) is 17.9. The van der Waals surface area contributed by atoms with Crippen molar-refractivity contribution < 1.29 is 33.3 Å². The molecule has 3 aliphatic heterocycles. The standard InChI is InChI=1S/C30H28N4O7/c1-38-23-9-7-20-12-26(23)40-17-28(35)32-14-19-6-8-24(25(11-19)39-2)41-27-16-34(15-22(27)33-29(20)36)30(37)21-5-3-4-18(10-21)13-31/h3-12,22,27H,14-17H2,1-2H3,(H,32,35)(H,33,36)/t22-,27-/m0/s1. The Bertz CT molecular complexity index is 1530. The fourth-order valence-electron chi connectivity index (χ4n) is 4.76. The van der Waals surface area contributed by atoms with Crippen molar-refractivity contribution in [3.8, 4) is 29.1 Å². The Hall–Kier alpha value is -5.24. The number of carbonyl (C=O) groups is 3. The molecular weight excluding hydrogens is 528 g/mol. The van der Waals surface area contributed by atoms with E-state index in [4.69, 9.17) is 18.9 Å². The fourth-order valence-corrected chi connectivity index (χ4v) is 4.76. The van der Waals surface area contributed by atoms with Gasteiger partial charge in [0.05, 0.1) is 38.4 Å². The van der Waals surface area contributed by atoms with Gasteiger partial charge in [-0.15, -0.1) is 0 Å². The Morgan fingerprint density at radius 2 is 1.83 bits per heavy atom. The van der Waals surface area contributed by atoms with E-state index < -0.39 is 18.1 Å². The van der Waals surface area contributed by atoms with E-state index in [0.29, 0.717) is 28.4 Å². The summed E-state index contributed by atoms with van der Waals surface area (Å²) < 4.78 is 22.9. The molecular formula is C30H28N4O7. The van der Waals surface area contributed by atoms with Crippen LogP contribution in [0.25, 0.3) is 0 Å². The third-order valence-electron chi connectivity index (χ3n) is 6.89. The molecule has 0 unspecified atom stereocenters. The van der Waals surface area contributed by atoms with Crippen LogP contribution in [0.1, 0.15) is 31.8 Å². The van der Waals surface area contributed by atoms with E-state index in [9.17, 15) is 19.6 Å². The van der Waals surface area contributed by atoms with Gasteiger partial charge in [0.2, 0.25) is 0 Å². The van der Waals surface area contributed by atoms with E-state index in [-0.39, 0.29) is 49.4 Å². The van der Waals surface area contributed by atoms with E-state index in [1.54, 1.807) is 53.4 Å². The minimum absolute atomic E-state index is 0.171. The second-order valence-electron chi connectivity index (χ2n) is 9.56. The lowest BCUT2D eigenvalue weighted by Gasteiger charge is -2.22. The lowest BCUT2D eigenvalue weighted by molar-refractivity contribution is -0.123. The van der Waals surface area contributed by atoms with Crippen LogP contribution in [0.15, 0.2) is 60.7 Å². The molecule has 3 aliphatic rings. The number of benzene rings is 3. The summed E-state index contributed by atoms with van der Waals surface area (Å²) in [5.41, 5.74) is 1.79. The summed E-state index contributed by atoms with van der Waals surface area (Å²) >= 11 is 0. The number of carbonyl (C=O) groups excluding carboxylic acids is 3. The SMILES string of the molecule is COc1ccc2cc1OCC(=O)NCc1ccc(c(OC)c1)O[C@H]1CN(C(=O)c3cccc(C#N)c3)C[C@@H]1NC2=O. The number of nitriles is 1. The number of hydrogen-bond donors (Lipinski definition) is 2.